The average molecular weight is 423 g/mol. The molecule has 0 amide bonds. The second-order valence-electron chi connectivity index (χ2n) is 8.11. The summed E-state index contributed by atoms with van der Waals surface area (Å²) in [6.07, 6.45) is 8.99. The average Bonchev–Trinajstić information content (AvgIpc) is 2.64. The van der Waals surface area contributed by atoms with E-state index in [0.717, 1.165) is 43.7 Å². The summed E-state index contributed by atoms with van der Waals surface area (Å²) >= 11 is 6.30. The molecule has 0 aromatic heterocycles. The molecule has 0 unspecified atom stereocenters. The van der Waals surface area contributed by atoms with Crippen molar-refractivity contribution in [1.82, 2.24) is 0 Å². The van der Waals surface area contributed by atoms with Gasteiger partial charge in [-0.15, -0.1) is 0 Å². The van der Waals surface area contributed by atoms with E-state index in [-0.39, 0.29) is 5.92 Å². The quantitative estimate of drug-likeness (QED) is 0.272. The molecule has 0 N–H and O–H groups in total. The predicted molar refractivity (Wildman–Crippen MR) is 102 cm³/mol. The fraction of sp³-hybridized carbons (Fsp3) is 0.700. The molecule has 1 heterocycles. The van der Waals surface area contributed by atoms with E-state index >= 15 is 0 Å². The van der Waals surface area contributed by atoms with Crippen LogP contribution in [0.25, 0.3) is 0 Å². The summed E-state index contributed by atoms with van der Waals surface area (Å²) in [5, 5.41) is 0. The molecule has 2 aliphatic rings. The van der Waals surface area contributed by atoms with Crippen molar-refractivity contribution < 1.29 is 22.3 Å². The van der Waals surface area contributed by atoms with Crippen LogP contribution in [0.1, 0.15) is 62.8 Å². The van der Waals surface area contributed by atoms with Gasteiger partial charge in [0.05, 0.1) is 0 Å². The highest BCUT2D eigenvalue weighted by Crippen LogP contribution is 2.40. The number of benzene rings is 1. The van der Waals surface area contributed by atoms with Gasteiger partial charge in [0.15, 0.2) is 17.4 Å². The van der Waals surface area contributed by atoms with Gasteiger partial charge in [-0.05, 0) is 73.2 Å². The number of hydrogen-bond acceptors (Lipinski definition) is 1. The monoisotopic (exact) mass is 422 g/mol. The molecule has 1 saturated heterocycles. The van der Waals surface area contributed by atoms with E-state index in [4.69, 9.17) is 11.1 Å². The Hall–Kier alpha value is -0.753. The minimum Gasteiger partial charge on any atom is -0.429 e. The second kappa shape index (κ2) is 9.64. The summed E-state index contributed by atoms with van der Waals surface area (Å²) in [5.41, 5.74) is 0.551. The van der Waals surface area contributed by atoms with Crippen LogP contribution in [0, 0.1) is 23.5 Å². The summed E-state index contributed by atoms with van der Waals surface area (Å²) in [5.74, 6) is -1.49. The topological polar surface area (TPSA) is 9.23 Å². The highest BCUT2D eigenvalue weighted by molar-refractivity contribution is 7.07. The lowest BCUT2D eigenvalue weighted by Crippen LogP contribution is -2.19. The van der Waals surface area contributed by atoms with Gasteiger partial charge in [-0.2, -0.15) is 19.9 Å². The molecule has 0 radical (unpaired) electrons. The number of ether oxygens (including phenoxy) is 1. The Morgan fingerprint density at radius 2 is 1.44 bits per heavy atom. The molecule has 1 saturated carbocycles. The first-order chi connectivity index (χ1) is 12.9. The maximum Gasteiger partial charge on any atom is 0.387 e. The SMILES string of the molecule is Fc1cc([C@H]2CC[C@H](CCC3CC[SiH](Cl)CC3)CC2)cc(F)c1OC(F)F. The zero-order valence-electron chi connectivity index (χ0n) is 15.4. The van der Waals surface area contributed by atoms with Gasteiger partial charge in [0, 0.05) is 0 Å². The van der Waals surface area contributed by atoms with Crippen molar-refractivity contribution in [2.75, 3.05) is 0 Å². The minimum absolute atomic E-state index is 0.0866. The summed E-state index contributed by atoms with van der Waals surface area (Å²) in [7, 11) is -0.895. The van der Waals surface area contributed by atoms with E-state index in [0.29, 0.717) is 11.5 Å². The van der Waals surface area contributed by atoms with Gasteiger partial charge in [0.2, 0.25) is 0 Å². The normalized spacial score (nSPS) is 29.1. The fourth-order valence-corrected chi connectivity index (χ4v) is 7.39. The van der Waals surface area contributed by atoms with Gasteiger partial charge in [-0.1, -0.05) is 25.7 Å². The van der Waals surface area contributed by atoms with E-state index in [1.165, 1.54) is 37.8 Å². The van der Waals surface area contributed by atoms with Crippen molar-refractivity contribution in [2.24, 2.45) is 11.8 Å². The maximum absolute atomic E-state index is 14.0. The lowest BCUT2D eigenvalue weighted by atomic mass is 9.76. The van der Waals surface area contributed by atoms with Crippen LogP contribution in [-0.2, 0) is 0 Å². The van der Waals surface area contributed by atoms with E-state index in [1.807, 2.05) is 0 Å². The van der Waals surface area contributed by atoms with Crippen LogP contribution in [0.5, 0.6) is 5.75 Å². The Labute approximate surface area is 164 Å². The van der Waals surface area contributed by atoms with Gasteiger partial charge in [0.1, 0.15) is 8.11 Å². The molecule has 3 rings (SSSR count). The summed E-state index contributed by atoms with van der Waals surface area (Å²) < 4.78 is 56.3. The number of rotatable bonds is 6. The summed E-state index contributed by atoms with van der Waals surface area (Å²) in [6.45, 7) is -3.24. The first-order valence-electron chi connectivity index (χ1n) is 10.00. The molecule has 152 valence electrons. The van der Waals surface area contributed by atoms with Crippen LogP contribution in [0.15, 0.2) is 12.1 Å². The van der Waals surface area contributed by atoms with E-state index in [9.17, 15) is 17.6 Å². The molecule has 7 heteroatoms. The van der Waals surface area contributed by atoms with Crippen LogP contribution in [0.3, 0.4) is 0 Å². The fourth-order valence-electron chi connectivity index (χ4n) is 4.68. The lowest BCUT2D eigenvalue weighted by molar-refractivity contribution is -0.0546. The van der Waals surface area contributed by atoms with Crippen molar-refractivity contribution >= 4 is 19.2 Å². The smallest absolute Gasteiger partial charge is 0.387 e. The van der Waals surface area contributed by atoms with Crippen molar-refractivity contribution in [3.8, 4) is 5.75 Å². The number of halogens is 5. The molecule has 2 fully saturated rings. The standard InChI is InChI=1S/C20H27ClF4OSi/c21-27-9-7-14(8-10-27)2-1-13-3-5-15(6-4-13)16-11-17(22)19(18(23)12-16)26-20(24)25/h11-15,20,27H,1-10H2/t13-,14?,15-,27?. The Morgan fingerprint density at radius 3 is 1.96 bits per heavy atom. The van der Waals surface area contributed by atoms with Gasteiger partial charge in [-0.25, -0.2) is 8.78 Å². The number of hydrogen-bond donors (Lipinski definition) is 0. The largest absolute Gasteiger partial charge is 0.429 e. The van der Waals surface area contributed by atoms with Crippen molar-refractivity contribution in [3.63, 3.8) is 0 Å². The molecule has 1 aliphatic carbocycles. The maximum atomic E-state index is 14.0. The molecular weight excluding hydrogens is 396 g/mol. The summed E-state index contributed by atoms with van der Waals surface area (Å²) in [4.78, 5) is 0. The van der Waals surface area contributed by atoms with Gasteiger partial charge >= 0.3 is 6.61 Å². The number of alkyl halides is 2. The zero-order chi connectivity index (χ0) is 19.4. The third-order valence-electron chi connectivity index (χ3n) is 6.31. The first kappa shape index (κ1) is 21.0. The third kappa shape index (κ3) is 5.86. The predicted octanol–water partition coefficient (Wildman–Crippen LogP) is 6.99. The van der Waals surface area contributed by atoms with Crippen molar-refractivity contribution in [3.05, 3.63) is 29.3 Å². The van der Waals surface area contributed by atoms with Crippen LogP contribution < -0.4 is 4.74 Å². The molecule has 0 spiro atoms. The molecule has 0 atom stereocenters. The van der Waals surface area contributed by atoms with Crippen LogP contribution in [0.2, 0.25) is 12.1 Å². The first-order valence-corrected chi connectivity index (χ1v) is 13.4. The molecular formula is C20H27ClF4OSi. The van der Waals surface area contributed by atoms with Crippen molar-refractivity contribution in [2.45, 2.75) is 76.0 Å². The van der Waals surface area contributed by atoms with E-state index in [1.54, 1.807) is 0 Å². The minimum atomic E-state index is -3.24. The molecule has 27 heavy (non-hydrogen) atoms. The molecule has 1 aliphatic heterocycles. The van der Waals surface area contributed by atoms with Gasteiger partial charge in [-0.3, -0.25) is 0 Å². The van der Waals surface area contributed by atoms with Crippen LogP contribution in [0.4, 0.5) is 17.6 Å². The Kier molecular flexibility index (Phi) is 7.48. The zero-order valence-corrected chi connectivity index (χ0v) is 17.3. The van der Waals surface area contributed by atoms with E-state index < -0.39 is 32.1 Å². The van der Waals surface area contributed by atoms with Gasteiger partial charge < -0.3 is 4.74 Å². The molecule has 1 aromatic carbocycles. The lowest BCUT2D eigenvalue weighted by Gasteiger charge is -2.31. The highest BCUT2D eigenvalue weighted by Gasteiger charge is 2.27. The third-order valence-corrected chi connectivity index (χ3v) is 9.53. The van der Waals surface area contributed by atoms with E-state index in [2.05, 4.69) is 4.74 Å². The van der Waals surface area contributed by atoms with Crippen molar-refractivity contribution in [1.29, 1.82) is 0 Å². The Balaban J connectivity index is 1.49. The molecule has 1 nitrogen and oxygen atoms in total. The summed E-state index contributed by atoms with van der Waals surface area (Å²) in [6, 6.07) is 4.84. The van der Waals surface area contributed by atoms with Gasteiger partial charge in [0.25, 0.3) is 0 Å². The molecule has 0 bridgehead atoms. The second-order valence-corrected chi connectivity index (χ2v) is 12.3. The van der Waals surface area contributed by atoms with Crippen LogP contribution >= 0.6 is 11.1 Å². The molecule has 1 aromatic rings. The Morgan fingerprint density at radius 1 is 0.926 bits per heavy atom. The van der Waals surface area contributed by atoms with Crippen LogP contribution in [-0.4, -0.2) is 14.7 Å². The Bertz CT molecular complexity index is 591. The highest BCUT2D eigenvalue weighted by atomic mass is 35.6.